The molecular weight excluding hydrogens is 324 g/mol. The average molecular weight is 337 g/mol. The van der Waals surface area contributed by atoms with Crippen molar-refractivity contribution in [1.82, 2.24) is 4.98 Å². The lowest BCUT2D eigenvalue weighted by Gasteiger charge is -2.07. The molecule has 1 heterocycles. The zero-order valence-electron chi connectivity index (χ0n) is 10.7. The van der Waals surface area contributed by atoms with Crippen LogP contribution in [0.4, 0.5) is 0 Å². The van der Waals surface area contributed by atoms with Crippen LogP contribution >= 0.6 is 27.3 Å². The average Bonchev–Trinajstić information content (AvgIpc) is 2.80. The van der Waals surface area contributed by atoms with E-state index in [1.807, 2.05) is 6.07 Å². The Bertz CT molecular complexity index is 631. The first-order valence-corrected chi connectivity index (χ1v) is 7.50. The van der Waals surface area contributed by atoms with Crippen molar-refractivity contribution in [3.05, 3.63) is 33.2 Å². The Hall–Kier alpha value is -1.38. The quantitative estimate of drug-likeness (QED) is 0.840. The molecule has 0 N–H and O–H groups in total. The Balaban J connectivity index is 2.51. The van der Waals surface area contributed by atoms with Crippen molar-refractivity contribution in [2.24, 2.45) is 0 Å². The van der Waals surface area contributed by atoms with Crippen molar-refractivity contribution >= 4 is 27.3 Å². The lowest BCUT2D eigenvalue weighted by atomic mass is 10.1. The van der Waals surface area contributed by atoms with Crippen LogP contribution in [0, 0.1) is 11.3 Å². The zero-order chi connectivity index (χ0) is 13.8. The first-order chi connectivity index (χ1) is 9.19. The monoisotopic (exact) mass is 336 g/mol. The van der Waals surface area contributed by atoms with Gasteiger partial charge in [-0.2, -0.15) is 5.26 Å². The SMILES string of the molecule is CCc1ccc(OC)c(-c2nc(Br)c(CC#N)s2)c1. The molecule has 0 radical (unpaired) electrons. The summed E-state index contributed by atoms with van der Waals surface area (Å²) in [5, 5.41) is 9.67. The summed E-state index contributed by atoms with van der Waals surface area (Å²) in [5.41, 5.74) is 2.22. The number of nitriles is 1. The summed E-state index contributed by atoms with van der Waals surface area (Å²) in [7, 11) is 1.66. The van der Waals surface area contributed by atoms with Gasteiger partial charge in [0.2, 0.25) is 0 Å². The fraction of sp³-hybridized carbons (Fsp3) is 0.286. The summed E-state index contributed by atoms with van der Waals surface area (Å²) >= 11 is 4.93. The van der Waals surface area contributed by atoms with Gasteiger partial charge in [-0.25, -0.2) is 4.98 Å². The Morgan fingerprint density at radius 3 is 2.89 bits per heavy atom. The number of nitrogens with zero attached hydrogens (tertiary/aromatic N) is 2. The first kappa shape index (κ1) is 14.0. The maximum atomic E-state index is 8.79. The van der Waals surface area contributed by atoms with Crippen LogP contribution in [0.15, 0.2) is 22.8 Å². The smallest absolute Gasteiger partial charge is 0.129 e. The second kappa shape index (κ2) is 6.18. The molecule has 0 spiro atoms. The number of benzene rings is 1. The highest BCUT2D eigenvalue weighted by Crippen LogP contribution is 2.37. The minimum Gasteiger partial charge on any atom is -0.496 e. The number of hydrogen-bond acceptors (Lipinski definition) is 4. The summed E-state index contributed by atoms with van der Waals surface area (Å²) in [6, 6.07) is 8.27. The molecule has 1 aromatic carbocycles. The number of aromatic nitrogens is 1. The van der Waals surface area contributed by atoms with Crippen LogP contribution < -0.4 is 4.74 Å². The standard InChI is InChI=1S/C14H13BrN2OS/c1-3-9-4-5-11(18-2)10(8-9)14-17-13(15)12(19-14)6-7-16/h4-5,8H,3,6H2,1-2H3. The summed E-state index contributed by atoms with van der Waals surface area (Å²) in [6.07, 6.45) is 1.34. The third kappa shape index (κ3) is 2.96. The van der Waals surface area contributed by atoms with Crippen LogP contribution in [0.2, 0.25) is 0 Å². The summed E-state index contributed by atoms with van der Waals surface area (Å²) in [4.78, 5) is 5.43. The fourth-order valence-electron chi connectivity index (χ4n) is 1.77. The Morgan fingerprint density at radius 1 is 1.47 bits per heavy atom. The summed E-state index contributed by atoms with van der Waals surface area (Å²) in [5.74, 6) is 0.807. The van der Waals surface area contributed by atoms with E-state index in [9.17, 15) is 0 Å². The Labute approximate surface area is 125 Å². The second-order valence-corrected chi connectivity index (χ2v) is 5.79. The molecule has 0 atom stereocenters. The number of methoxy groups -OCH3 is 1. The lowest BCUT2D eigenvalue weighted by Crippen LogP contribution is -1.90. The highest BCUT2D eigenvalue weighted by atomic mass is 79.9. The van der Waals surface area contributed by atoms with E-state index in [4.69, 9.17) is 10.00 Å². The van der Waals surface area contributed by atoms with E-state index in [2.05, 4.69) is 46.0 Å². The molecular formula is C14H13BrN2OS. The molecule has 98 valence electrons. The topological polar surface area (TPSA) is 45.9 Å². The van der Waals surface area contributed by atoms with Gasteiger partial charge in [-0.05, 0) is 40.0 Å². The maximum absolute atomic E-state index is 8.79. The van der Waals surface area contributed by atoms with Crippen LogP contribution in [-0.4, -0.2) is 12.1 Å². The number of aryl methyl sites for hydroxylation is 1. The Kier molecular flexibility index (Phi) is 4.56. The van der Waals surface area contributed by atoms with E-state index in [0.717, 1.165) is 32.2 Å². The minimum atomic E-state index is 0.369. The van der Waals surface area contributed by atoms with E-state index in [-0.39, 0.29) is 0 Å². The third-order valence-electron chi connectivity index (χ3n) is 2.79. The van der Waals surface area contributed by atoms with Gasteiger partial charge >= 0.3 is 0 Å². The normalized spacial score (nSPS) is 10.2. The van der Waals surface area contributed by atoms with Crippen molar-refractivity contribution in [2.45, 2.75) is 19.8 Å². The van der Waals surface area contributed by atoms with Crippen molar-refractivity contribution in [3.63, 3.8) is 0 Å². The van der Waals surface area contributed by atoms with Crippen molar-refractivity contribution in [1.29, 1.82) is 5.26 Å². The van der Waals surface area contributed by atoms with Crippen molar-refractivity contribution < 1.29 is 4.74 Å². The van der Waals surface area contributed by atoms with Gasteiger partial charge in [-0.3, -0.25) is 0 Å². The summed E-state index contributed by atoms with van der Waals surface area (Å²) in [6.45, 7) is 2.12. The van der Waals surface area contributed by atoms with Crippen LogP contribution in [-0.2, 0) is 12.8 Å². The predicted molar refractivity (Wildman–Crippen MR) is 80.5 cm³/mol. The van der Waals surface area contributed by atoms with Gasteiger partial charge in [0, 0.05) is 0 Å². The molecule has 19 heavy (non-hydrogen) atoms. The van der Waals surface area contributed by atoms with Crippen LogP contribution in [0.1, 0.15) is 17.4 Å². The largest absolute Gasteiger partial charge is 0.496 e. The van der Waals surface area contributed by atoms with E-state index < -0.39 is 0 Å². The number of hydrogen-bond donors (Lipinski definition) is 0. The van der Waals surface area contributed by atoms with Crippen molar-refractivity contribution in [3.8, 4) is 22.4 Å². The van der Waals surface area contributed by atoms with E-state index >= 15 is 0 Å². The molecule has 2 aromatic rings. The van der Waals surface area contributed by atoms with E-state index in [0.29, 0.717) is 6.42 Å². The Morgan fingerprint density at radius 2 is 2.26 bits per heavy atom. The molecule has 0 saturated carbocycles. The molecule has 0 fully saturated rings. The molecule has 0 aliphatic rings. The molecule has 0 unspecified atom stereocenters. The minimum absolute atomic E-state index is 0.369. The molecule has 0 aliphatic heterocycles. The molecule has 0 bridgehead atoms. The number of rotatable bonds is 4. The molecule has 0 saturated heterocycles. The van der Waals surface area contributed by atoms with Gasteiger partial charge < -0.3 is 4.74 Å². The first-order valence-electron chi connectivity index (χ1n) is 5.89. The van der Waals surface area contributed by atoms with Crippen LogP contribution in [0.25, 0.3) is 10.6 Å². The molecule has 5 heteroatoms. The van der Waals surface area contributed by atoms with E-state index in [1.165, 1.54) is 16.9 Å². The highest BCUT2D eigenvalue weighted by molar-refractivity contribution is 9.10. The number of halogens is 1. The maximum Gasteiger partial charge on any atom is 0.129 e. The molecule has 1 aromatic heterocycles. The van der Waals surface area contributed by atoms with Gasteiger partial charge in [0.1, 0.15) is 15.4 Å². The van der Waals surface area contributed by atoms with Gasteiger partial charge in [0.05, 0.1) is 30.0 Å². The summed E-state index contributed by atoms with van der Waals surface area (Å²) < 4.78 is 6.14. The van der Waals surface area contributed by atoms with Crippen LogP contribution in [0.3, 0.4) is 0 Å². The van der Waals surface area contributed by atoms with Crippen LogP contribution in [0.5, 0.6) is 5.75 Å². The fourth-order valence-corrected chi connectivity index (χ4v) is 3.36. The molecule has 0 aliphatic carbocycles. The van der Waals surface area contributed by atoms with Gasteiger partial charge in [0.25, 0.3) is 0 Å². The van der Waals surface area contributed by atoms with Crippen molar-refractivity contribution in [2.75, 3.05) is 7.11 Å². The lowest BCUT2D eigenvalue weighted by molar-refractivity contribution is 0.416. The molecule has 2 rings (SSSR count). The third-order valence-corrected chi connectivity index (χ3v) is 4.80. The molecule has 0 amide bonds. The zero-order valence-corrected chi connectivity index (χ0v) is 13.1. The number of ether oxygens (including phenoxy) is 1. The number of thiazole rings is 1. The van der Waals surface area contributed by atoms with Gasteiger partial charge in [-0.15, -0.1) is 11.3 Å². The predicted octanol–water partition coefficient (Wildman–Crippen LogP) is 4.21. The van der Waals surface area contributed by atoms with Gasteiger partial charge in [0.15, 0.2) is 0 Å². The van der Waals surface area contributed by atoms with Gasteiger partial charge in [-0.1, -0.05) is 13.0 Å². The van der Waals surface area contributed by atoms with E-state index in [1.54, 1.807) is 7.11 Å². The highest BCUT2D eigenvalue weighted by Gasteiger charge is 2.14. The second-order valence-electron chi connectivity index (χ2n) is 3.96. The molecule has 3 nitrogen and oxygen atoms in total.